The lowest BCUT2D eigenvalue weighted by Gasteiger charge is -2.38. The second-order valence-corrected chi connectivity index (χ2v) is 4.68. The summed E-state index contributed by atoms with van der Waals surface area (Å²) in [4.78, 5) is 8.77. The first-order valence-electron chi connectivity index (χ1n) is 6.47. The predicted octanol–water partition coefficient (Wildman–Crippen LogP) is 1.89. The van der Waals surface area contributed by atoms with Crippen LogP contribution in [0.15, 0.2) is 6.07 Å². The number of aromatic nitrogens is 2. The van der Waals surface area contributed by atoms with Crippen molar-refractivity contribution in [3.05, 3.63) is 11.9 Å². The van der Waals surface area contributed by atoms with E-state index < -0.39 is 12.0 Å². The van der Waals surface area contributed by atoms with Crippen LogP contribution >= 0.6 is 0 Å². The van der Waals surface area contributed by atoms with E-state index in [0.717, 1.165) is 19.3 Å². The Morgan fingerprint density at radius 1 is 1.40 bits per heavy atom. The molecule has 0 saturated heterocycles. The highest BCUT2D eigenvalue weighted by Crippen LogP contribution is 2.32. The minimum absolute atomic E-state index is 0.115. The van der Waals surface area contributed by atoms with E-state index in [9.17, 15) is 13.2 Å². The van der Waals surface area contributed by atoms with Crippen LogP contribution in [-0.2, 0) is 6.18 Å². The van der Waals surface area contributed by atoms with Crippen molar-refractivity contribution in [1.82, 2.24) is 9.97 Å². The van der Waals surface area contributed by atoms with Crippen molar-refractivity contribution >= 4 is 11.6 Å². The number of aliphatic hydroxyl groups is 1. The van der Waals surface area contributed by atoms with Gasteiger partial charge in [-0.2, -0.15) is 13.2 Å². The fourth-order valence-electron chi connectivity index (χ4n) is 2.13. The van der Waals surface area contributed by atoms with Crippen LogP contribution in [0.3, 0.4) is 0 Å². The van der Waals surface area contributed by atoms with E-state index in [1.165, 1.54) is 13.1 Å². The van der Waals surface area contributed by atoms with E-state index in [-0.39, 0.29) is 30.8 Å². The summed E-state index contributed by atoms with van der Waals surface area (Å²) >= 11 is 0. The van der Waals surface area contributed by atoms with Crippen molar-refractivity contribution in [3.8, 4) is 0 Å². The topological polar surface area (TPSA) is 61.3 Å². The molecule has 2 N–H and O–H groups in total. The van der Waals surface area contributed by atoms with Crippen LogP contribution in [0, 0.1) is 0 Å². The van der Waals surface area contributed by atoms with Gasteiger partial charge in [0.25, 0.3) is 0 Å². The van der Waals surface area contributed by atoms with Crippen molar-refractivity contribution < 1.29 is 18.3 Å². The molecule has 0 unspecified atom stereocenters. The molecule has 1 aliphatic rings. The molecule has 8 heteroatoms. The van der Waals surface area contributed by atoms with E-state index in [1.54, 1.807) is 4.90 Å². The van der Waals surface area contributed by atoms with Crippen molar-refractivity contribution in [2.75, 3.05) is 30.4 Å². The Labute approximate surface area is 114 Å². The third-order valence-electron chi connectivity index (χ3n) is 3.37. The molecule has 0 bridgehead atoms. The van der Waals surface area contributed by atoms with E-state index in [1.807, 2.05) is 0 Å². The highest BCUT2D eigenvalue weighted by Gasteiger charge is 2.36. The molecule has 2 rings (SSSR count). The van der Waals surface area contributed by atoms with Crippen LogP contribution in [0.25, 0.3) is 0 Å². The van der Waals surface area contributed by atoms with Gasteiger partial charge < -0.3 is 15.3 Å². The number of anilines is 2. The molecule has 0 radical (unpaired) electrons. The fourth-order valence-corrected chi connectivity index (χ4v) is 2.13. The largest absolute Gasteiger partial charge is 0.451 e. The van der Waals surface area contributed by atoms with Gasteiger partial charge in [-0.05, 0) is 19.3 Å². The number of aliphatic hydroxyl groups excluding tert-OH is 1. The van der Waals surface area contributed by atoms with Gasteiger partial charge in [-0.15, -0.1) is 0 Å². The Kier molecular flexibility index (Phi) is 4.32. The number of hydrogen-bond acceptors (Lipinski definition) is 5. The zero-order chi connectivity index (χ0) is 14.8. The first-order chi connectivity index (χ1) is 9.45. The van der Waals surface area contributed by atoms with Crippen LogP contribution in [0.2, 0.25) is 0 Å². The van der Waals surface area contributed by atoms with Gasteiger partial charge in [0, 0.05) is 25.7 Å². The highest BCUT2D eigenvalue weighted by molar-refractivity contribution is 5.50. The number of halogens is 3. The fraction of sp³-hybridized carbons (Fsp3) is 0.667. The summed E-state index contributed by atoms with van der Waals surface area (Å²) in [6, 6.07) is 1.62. The Morgan fingerprint density at radius 3 is 2.55 bits per heavy atom. The minimum atomic E-state index is -4.59. The van der Waals surface area contributed by atoms with E-state index >= 15 is 0 Å². The molecule has 20 heavy (non-hydrogen) atoms. The Balaban J connectivity index is 2.37. The van der Waals surface area contributed by atoms with Crippen molar-refractivity contribution in [2.45, 2.75) is 31.5 Å². The lowest BCUT2D eigenvalue weighted by atomic mass is 9.91. The predicted molar refractivity (Wildman–Crippen MR) is 68.7 cm³/mol. The second kappa shape index (κ2) is 5.82. The molecule has 1 heterocycles. The van der Waals surface area contributed by atoms with Gasteiger partial charge in [0.1, 0.15) is 11.6 Å². The van der Waals surface area contributed by atoms with Crippen molar-refractivity contribution in [3.63, 3.8) is 0 Å². The Hall–Kier alpha value is -1.57. The zero-order valence-corrected chi connectivity index (χ0v) is 11.1. The molecule has 0 aliphatic heterocycles. The summed E-state index contributed by atoms with van der Waals surface area (Å²) in [5.74, 6) is -0.846. The van der Waals surface area contributed by atoms with Crippen molar-refractivity contribution in [1.29, 1.82) is 0 Å². The second-order valence-electron chi connectivity index (χ2n) is 4.68. The summed E-state index contributed by atoms with van der Waals surface area (Å²) in [5.41, 5.74) is 0. The van der Waals surface area contributed by atoms with Crippen LogP contribution in [0.1, 0.15) is 25.1 Å². The van der Waals surface area contributed by atoms with Gasteiger partial charge in [-0.25, -0.2) is 9.97 Å². The number of nitrogens with zero attached hydrogens (tertiary/aromatic N) is 3. The third kappa shape index (κ3) is 3.12. The third-order valence-corrected chi connectivity index (χ3v) is 3.37. The van der Waals surface area contributed by atoms with Crippen molar-refractivity contribution in [2.24, 2.45) is 0 Å². The highest BCUT2D eigenvalue weighted by atomic mass is 19.4. The molecule has 0 spiro atoms. The molecule has 5 nitrogen and oxygen atoms in total. The summed E-state index contributed by atoms with van der Waals surface area (Å²) in [6.07, 6.45) is -1.74. The molecule has 1 aliphatic carbocycles. The normalized spacial score (nSPS) is 15.8. The van der Waals surface area contributed by atoms with Gasteiger partial charge in [0.15, 0.2) is 0 Å². The Morgan fingerprint density at radius 2 is 2.10 bits per heavy atom. The molecular weight excluding hydrogens is 273 g/mol. The lowest BCUT2D eigenvalue weighted by Crippen LogP contribution is -2.42. The van der Waals surface area contributed by atoms with Crippen LogP contribution < -0.4 is 10.2 Å². The number of nitrogens with one attached hydrogen (secondary N) is 1. The molecule has 1 aromatic heterocycles. The molecule has 112 valence electrons. The van der Waals surface area contributed by atoms with Crippen LogP contribution in [-0.4, -0.2) is 41.3 Å². The SMILES string of the molecule is CNc1cc(N(CCO)C2CCC2)nc(C(F)(F)F)n1. The maximum absolute atomic E-state index is 12.8. The molecule has 1 aromatic rings. The lowest BCUT2D eigenvalue weighted by molar-refractivity contribution is -0.144. The molecule has 0 aromatic carbocycles. The van der Waals surface area contributed by atoms with Gasteiger partial charge in [-0.3, -0.25) is 0 Å². The van der Waals surface area contributed by atoms with Gasteiger partial charge in [0.2, 0.25) is 5.82 Å². The first kappa shape index (κ1) is 14.8. The average Bonchev–Trinajstić information content (AvgIpc) is 2.34. The minimum Gasteiger partial charge on any atom is -0.395 e. The summed E-state index contributed by atoms with van der Waals surface area (Å²) in [7, 11) is 1.51. The van der Waals surface area contributed by atoms with E-state index in [0.29, 0.717) is 0 Å². The molecule has 1 saturated carbocycles. The molecule has 1 fully saturated rings. The summed E-state index contributed by atoms with van der Waals surface area (Å²) in [5, 5.41) is 11.7. The quantitative estimate of drug-likeness (QED) is 0.867. The molecule has 0 atom stereocenters. The molecular formula is C12H17F3N4O. The first-order valence-corrected chi connectivity index (χ1v) is 6.47. The monoisotopic (exact) mass is 290 g/mol. The van der Waals surface area contributed by atoms with Gasteiger partial charge in [0.05, 0.1) is 6.61 Å². The summed E-state index contributed by atoms with van der Waals surface area (Å²) in [6.45, 7) is 0.138. The van der Waals surface area contributed by atoms with E-state index in [2.05, 4.69) is 15.3 Å². The van der Waals surface area contributed by atoms with Gasteiger partial charge in [-0.1, -0.05) is 0 Å². The number of alkyl halides is 3. The van der Waals surface area contributed by atoms with Crippen LogP contribution in [0.5, 0.6) is 0 Å². The molecule has 0 amide bonds. The average molecular weight is 290 g/mol. The smallest absolute Gasteiger partial charge is 0.395 e. The maximum atomic E-state index is 12.8. The zero-order valence-electron chi connectivity index (χ0n) is 11.1. The van der Waals surface area contributed by atoms with Gasteiger partial charge >= 0.3 is 6.18 Å². The number of rotatable bonds is 5. The Bertz CT molecular complexity index is 463. The van der Waals surface area contributed by atoms with E-state index in [4.69, 9.17) is 5.11 Å². The maximum Gasteiger partial charge on any atom is 0.451 e. The summed E-state index contributed by atoms with van der Waals surface area (Å²) < 4.78 is 38.4. The number of hydrogen-bond donors (Lipinski definition) is 2. The standard InChI is InChI=1S/C12H17F3N4O/c1-16-9-7-10(18-11(17-9)12(13,14)15)19(5-6-20)8-3-2-4-8/h7-8,20H,2-6H2,1H3,(H,16,17,18). The van der Waals surface area contributed by atoms with Crippen LogP contribution in [0.4, 0.5) is 24.8 Å².